The number of rotatable bonds is 3. The first-order valence-corrected chi connectivity index (χ1v) is 6.43. The molecule has 2 rings (SSSR count). The Bertz CT molecular complexity index is 671. The quantitative estimate of drug-likeness (QED) is 0.855. The average Bonchev–Trinajstić information content (AvgIpc) is 2.46. The molecule has 0 bridgehead atoms. The van der Waals surface area contributed by atoms with E-state index >= 15 is 0 Å². The van der Waals surface area contributed by atoms with E-state index in [9.17, 15) is 4.79 Å². The number of carbonyl (C=O) groups is 1. The van der Waals surface area contributed by atoms with Gasteiger partial charge >= 0.3 is 0 Å². The van der Waals surface area contributed by atoms with Gasteiger partial charge in [0.15, 0.2) is 0 Å². The predicted molar refractivity (Wildman–Crippen MR) is 79.5 cm³/mol. The van der Waals surface area contributed by atoms with Crippen molar-refractivity contribution in [1.82, 2.24) is 0 Å². The van der Waals surface area contributed by atoms with Crippen LogP contribution in [0.25, 0.3) is 0 Å². The molecule has 0 atom stereocenters. The normalized spacial score (nSPS) is 9.85. The van der Waals surface area contributed by atoms with E-state index in [1.54, 1.807) is 30.1 Å². The molecule has 0 radical (unpaired) electrons. The van der Waals surface area contributed by atoms with Crippen molar-refractivity contribution < 1.29 is 4.79 Å². The average molecular weight is 264 g/mol. The second kappa shape index (κ2) is 6.03. The molecule has 0 aliphatic rings. The van der Waals surface area contributed by atoms with Crippen LogP contribution >= 0.6 is 0 Å². The zero-order chi connectivity index (χ0) is 14.5. The summed E-state index contributed by atoms with van der Waals surface area (Å²) < 4.78 is 0. The molecule has 3 heteroatoms. The van der Waals surface area contributed by atoms with Crippen LogP contribution in [0.2, 0.25) is 0 Å². The number of amides is 1. The van der Waals surface area contributed by atoms with Crippen molar-refractivity contribution in [2.45, 2.75) is 13.3 Å². The molecule has 2 aromatic carbocycles. The van der Waals surface area contributed by atoms with Crippen molar-refractivity contribution in [1.29, 1.82) is 5.26 Å². The van der Waals surface area contributed by atoms with Crippen molar-refractivity contribution in [2.75, 3.05) is 11.9 Å². The lowest BCUT2D eigenvalue weighted by atomic mass is 10.1. The number of nitriles is 1. The largest absolute Gasteiger partial charge is 0.314 e. The number of hydrogen-bond donors (Lipinski definition) is 0. The molecule has 0 spiro atoms. The van der Waals surface area contributed by atoms with Gasteiger partial charge in [-0.3, -0.25) is 4.79 Å². The molecule has 0 fully saturated rings. The first-order valence-electron chi connectivity index (χ1n) is 6.43. The maximum absolute atomic E-state index is 12.3. The van der Waals surface area contributed by atoms with Crippen LogP contribution in [0.5, 0.6) is 0 Å². The first kappa shape index (κ1) is 13.8. The second-order valence-corrected chi connectivity index (χ2v) is 4.75. The van der Waals surface area contributed by atoms with Crippen LogP contribution < -0.4 is 4.90 Å². The van der Waals surface area contributed by atoms with E-state index < -0.39 is 0 Å². The Morgan fingerprint density at radius 3 is 2.65 bits per heavy atom. The van der Waals surface area contributed by atoms with Gasteiger partial charge in [0.2, 0.25) is 5.91 Å². The molecule has 0 N–H and O–H groups in total. The third kappa shape index (κ3) is 3.04. The molecule has 0 saturated carbocycles. The van der Waals surface area contributed by atoms with Gasteiger partial charge in [0.25, 0.3) is 0 Å². The summed E-state index contributed by atoms with van der Waals surface area (Å²) in [6.07, 6.45) is 0.331. The highest BCUT2D eigenvalue weighted by Crippen LogP contribution is 2.19. The van der Waals surface area contributed by atoms with Gasteiger partial charge < -0.3 is 4.90 Å². The smallest absolute Gasteiger partial charge is 0.231 e. The lowest BCUT2D eigenvalue weighted by molar-refractivity contribution is -0.117. The van der Waals surface area contributed by atoms with Gasteiger partial charge in [0, 0.05) is 7.05 Å². The lowest BCUT2D eigenvalue weighted by Gasteiger charge is -2.18. The molecule has 100 valence electrons. The molecular formula is C17H16N2O. The Labute approximate surface area is 119 Å². The van der Waals surface area contributed by atoms with E-state index in [0.717, 1.165) is 11.1 Å². The van der Waals surface area contributed by atoms with E-state index in [-0.39, 0.29) is 5.91 Å². The highest BCUT2D eigenvalue weighted by molar-refractivity contribution is 5.95. The molecule has 0 aliphatic carbocycles. The standard InChI is InChI=1S/C17H16N2O/c1-13-6-5-7-14(10-13)11-17(20)19(2)16-9-4-3-8-15(16)12-18/h3-10H,11H2,1-2H3. The molecule has 3 nitrogen and oxygen atoms in total. The van der Waals surface area contributed by atoms with Crippen LogP contribution in [0.15, 0.2) is 48.5 Å². The zero-order valence-electron chi connectivity index (χ0n) is 11.6. The topological polar surface area (TPSA) is 44.1 Å². The van der Waals surface area contributed by atoms with Crippen molar-refractivity contribution >= 4 is 11.6 Å². The fourth-order valence-electron chi connectivity index (χ4n) is 2.11. The molecule has 20 heavy (non-hydrogen) atoms. The van der Waals surface area contributed by atoms with Crippen LogP contribution in [-0.2, 0) is 11.2 Å². The second-order valence-electron chi connectivity index (χ2n) is 4.75. The number of nitrogens with zero attached hydrogens (tertiary/aromatic N) is 2. The van der Waals surface area contributed by atoms with Gasteiger partial charge in [-0.05, 0) is 24.6 Å². The van der Waals surface area contributed by atoms with Crippen LogP contribution in [0.3, 0.4) is 0 Å². The maximum atomic E-state index is 12.3. The molecule has 2 aromatic rings. The van der Waals surface area contributed by atoms with E-state index in [1.165, 1.54) is 0 Å². The number of hydrogen-bond acceptors (Lipinski definition) is 2. The van der Waals surface area contributed by atoms with Gasteiger partial charge in [-0.15, -0.1) is 0 Å². The van der Waals surface area contributed by atoms with E-state index in [0.29, 0.717) is 17.7 Å². The molecule has 0 saturated heterocycles. The van der Waals surface area contributed by atoms with Gasteiger partial charge in [-0.2, -0.15) is 5.26 Å². The van der Waals surface area contributed by atoms with Crippen molar-refractivity contribution in [3.05, 3.63) is 65.2 Å². The first-order chi connectivity index (χ1) is 9.61. The Morgan fingerprint density at radius 1 is 1.20 bits per heavy atom. The summed E-state index contributed by atoms with van der Waals surface area (Å²) in [4.78, 5) is 13.9. The highest BCUT2D eigenvalue weighted by Gasteiger charge is 2.14. The summed E-state index contributed by atoms with van der Waals surface area (Å²) in [7, 11) is 1.70. The van der Waals surface area contributed by atoms with Gasteiger partial charge in [-0.1, -0.05) is 42.0 Å². The number of aryl methyl sites for hydroxylation is 1. The van der Waals surface area contributed by atoms with E-state index in [2.05, 4.69) is 6.07 Å². The maximum Gasteiger partial charge on any atom is 0.231 e. The number of para-hydroxylation sites is 1. The van der Waals surface area contributed by atoms with Crippen LogP contribution in [0.4, 0.5) is 5.69 Å². The molecule has 0 unspecified atom stereocenters. The fraction of sp³-hybridized carbons (Fsp3) is 0.176. The number of likely N-dealkylation sites (N-methyl/N-ethyl adjacent to an activating group) is 1. The van der Waals surface area contributed by atoms with Crippen LogP contribution in [0.1, 0.15) is 16.7 Å². The highest BCUT2D eigenvalue weighted by atomic mass is 16.2. The fourth-order valence-corrected chi connectivity index (χ4v) is 2.11. The van der Waals surface area contributed by atoms with Gasteiger partial charge in [0.05, 0.1) is 17.7 Å². The zero-order valence-corrected chi connectivity index (χ0v) is 11.6. The summed E-state index contributed by atoms with van der Waals surface area (Å²) in [5, 5.41) is 9.09. The van der Waals surface area contributed by atoms with Gasteiger partial charge in [-0.25, -0.2) is 0 Å². The molecule has 0 heterocycles. The molecular weight excluding hydrogens is 248 g/mol. The monoisotopic (exact) mass is 264 g/mol. The summed E-state index contributed by atoms with van der Waals surface area (Å²) in [6.45, 7) is 2.00. The molecule has 0 aromatic heterocycles. The number of benzene rings is 2. The van der Waals surface area contributed by atoms with Crippen molar-refractivity contribution in [3.8, 4) is 6.07 Å². The van der Waals surface area contributed by atoms with Crippen LogP contribution in [0, 0.1) is 18.3 Å². The minimum atomic E-state index is -0.0294. The minimum absolute atomic E-state index is 0.0294. The summed E-state index contributed by atoms with van der Waals surface area (Å²) in [5.41, 5.74) is 3.27. The molecule has 1 amide bonds. The van der Waals surface area contributed by atoms with Crippen LogP contribution in [-0.4, -0.2) is 13.0 Å². The summed E-state index contributed by atoms with van der Waals surface area (Å²) in [5.74, 6) is -0.0294. The lowest BCUT2D eigenvalue weighted by Crippen LogP contribution is -2.28. The number of carbonyl (C=O) groups excluding carboxylic acids is 1. The molecule has 0 aliphatic heterocycles. The minimum Gasteiger partial charge on any atom is -0.314 e. The summed E-state index contributed by atoms with van der Waals surface area (Å²) >= 11 is 0. The van der Waals surface area contributed by atoms with Gasteiger partial charge in [0.1, 0.15) is 6.07 Å². The third-order valence-electron chi connectivity index (χ3n) is 3.20. The Hall–Kier alpha value is -2.60. The Kier molecular flexibility index (Phi) is 4.17. The number of anilines is 1. The third-order valence-corrected chi connectivity index (χ3v) is 3.20. The van der Waals surface area contributed by atoms with E-state index in [4.69, 9.17) is 5.26 Å². The summed E-state index contributed by atoms with van der Waals surface area (Å²) in [6, 6.07) is 17.1. The Morgan fingerprint density at radius 2 is 1.95 bits per heavy atom. The Balaban J connectivity index is 2.19. The van der Waals surface area contributed by atoms with Crippen molar-refractivity contribution in [2.24, 2.45) is 0 Å². The van der Waals surface area contributed by atoms with E-state index in [1.807, 2.05) is 37.3 Å². The predicted octanol–water partition coefficient (Wildman–Crippen LogP) is 3.07. The SMILES string of the molecule is Cc1cccc(CC(=O)N(C)c2ccccc2C#N)c1. The van der Waals surface area contributed by atoms with Crippen molar-refractivity contribution in [3.63, 3.8) is 0 Å².